The number of amides is 1. The average Bonchev–Trinajstić information content (AvgIpc) is 2.91. The first-order valence-corrected chi connectivity index (χ1v) is 9.06. The fourth-order valence-electron chi connectivity index (χ4n) is 3.09. The molecule has 1 aromatic heterocycles. The van der Waals surface area contributed by atoms with Crippen LogP contribution in [0.2, 0.25) is 0 Å². The Morgan fingerprint density at radius 1 is 1.36 bits per heavy atom. The van der Waals surface area contributed by atoms with E-state index in [1.165, 1.54) is 10.4 Å². The number of hydrogen-bond donors (Lipinski definition) is 1. The number of carbonyl (C=O) groups is 1. The number of rotatable bonds is 6. The highest BCUT2D eigenvalue weighted by Crippen LogP contribution is 2.27. The molecule has 0 unspecified atom stereocenters. The van der Waals surface area contributed by atoms with E-state index in [-0.39, 0.29) is 18.3 Å². The molecule has 0 bridgehead atoms. The fourth-order valence-corrected chi connectivity index (χ4v) is 4.42. The third kappa shape index (κ3) is 4.71. The first kappa shape index (κ1) is 19.5. The van der Waals surface area contributed by atoms with Crippen molar-refractivity contribution >= 4 is 29.7 Å². The normalized spacial score (nSPS) is 15.7. The van der Waals surface area contributed by atoms with Gasteiger partial charge < -0.3 is 10.2 Å². The predicted molar refractivity (Wildman–Crippen MR) is 97.5 cm³/mol. The lowest BCUT2D eigenvalue weighted by Gasteiger charge is -2.31. The highest BCUT2D eigenvalue weighted by molar-refractivity contribution is 7.14. The quantitative estimate of drug-likeness (QED) is 0.852. The van der Waals surface area contributed by atoms with Crippen molar-refractivity contribution in [3.63, 3.8) is 0 Å². The maximum atomic E-state index is 12.7. The molecule has 0 radical (unpaired) electrons. The highest BCUT2D eigenvalue weighted by Gasteiger charge is 2.24. The molecule has 1 aliphatic heterocycles. The number of carbonyl (C=O) groups excluding carboxylic acids is 1. The van der Waals surface area contributed by atoms with Gasteiger partial charge in [-0.2, -0.15) is 0 Å². The topological polar surface area (TPSA) is 32.3 Å². The van der Waals surface area contributed by atoms with E-state index in [9.17, 15) is 4.79 Å². The summed E-state index contributed by atoms with van der Waals surface area (Å²) in [6, 6.07) is 2.14. The van der Waals surface area contributed by atoms with Crippen LogP contribution in [-0.2, 0) is 12.8 Å². The van der Waals surface area contributed by atoms with Gasteiger partial charge in [-0.1, -0.05) is 20.3 Å². The van der Waals surface area contributed by atoms with Gasteiger partial charge >= 0.3 is 0 Å². The number of halogens is 1. The van der Waals surface area contributed by atoms with Gasteiger partial charge in [-0.25, -0.2) is 0 Å². The van der Waals surface area contributed by atoms with E-state index >= 15 is 0 Å². The number of aryl methyl sites for hydroxylation is 2. The van der Waals surface area contributed by atoms with Gasteiger partial charge in [0.05, 0.1) is 4.88 Å². The van der Waals surface area contributed by atoms with Gasteiger partial charge in [0.2, 0.25) is 0 Å². The van der Waals surface area contributed by atoms with Crippen molar-refractivity contribution in [1.29, 1.82) is 0 Å². The van der Waals surface area contributed by atoms with Crippen LogP contribution in [-0.4, -0.2) is 37.5 Å². The zero-order chi connectivity index (χ0) is 15.2. The zero-order valence-corrected chi connectivity index (χ0v) is 15.6. The average molecular weight is 345 g/mol. The molecular formula is C17H29ClN2OS. The van der Waals surface area contributed by atoms with E-state index in [1.54, 1.807) is 11.3 Å². The molecule has 5 heteroatoms. The second-order valence-electron chi connectivity index (χ2n) is 5.96. The Morgan fingerprint density at radius 3 is 2.59 bits per heavy atom. The number of likely N-dealkylation sites (tertiary alicyclic amines) is 1. The first-order chi connectivity index (χ1) is 10.2. The molecular weight excluding hydrogens is 316 g/mol. The van der Waals surface area contributed by atoms with E-state index in [4.69, 9.17) is 0 Å². The van der Waals surface area contributed by atoms with E-state index in [0.29, 0.717) is 0 Å². The minimum Gasteiger partial charge on any atom is -0.338 e. The molecule has 1 aliphatic rings. The van der Waals surface area contributed by atoms with Crippen LogP contribution in [0.5, 0.6) is 0 Å². The van der Waals surface area contributed by atoms with Crippen molar-refractivity contribution in [3.8, 4) is 0 Å². The van der Waals surface area contributed by atoms with E-state index in [2.05, 4.69) is 25.2 Å². The lowest BCUT2D eigenvalue weighted by molar-refractivity contribution is 0.0696. The van der Waals surface area contributed by atoms with Crippen LogP contribution in [0.4, 0.5) is 0 Å². The lowest BCUT2D eigenvalue weighted by Crippen LogP contribution is -2.40. The molecule has 2 rings (SSSR count). The van der Waals surface area contributed by atoms with Crippen LogP contribution < -0.4 is 5.32 Å². The number of hydrogen-bond acceptors (Lipinski definition) is 3. The minimum absolute atomic E-state index is 0. The van der Waals surface area contributed by atoms with Crippen LogP contribution in [0.3, 0.4) is 0 Å². The monoisotopic (exact) mass is 344 g/mol. The van der Waals surface area contributed by atoms with E-state index < -0.39 is 0 Å². The third-order valence-corrected chi connectivity index (χ3v) is 5.59. The smallest absolute Gasteiger partial charge is 0.263 e. The van der Waals surface area contributed by atoms with Crippen molar-refractivity contribution in [1.82, 2.24) is 10.2 Å². The number of thiophene rings is 1. The van der Waals surface area contributed by atoms with Crippen molar-refractivity contribution in [2.24, 2.45) is 5.92 Å². The van der Waals surface area contributed by atoms with E-state index in [1.807, 2.05) is 11.9 Å². The molecule has 0 saturated carbocycles. The molecule has 1 N–H and O–H groups in total. The Labute approximate surface area is 144 Å². The maximum absolute atomic E-state index is 12.7. The van der Waals surface area contributed by atoms with Gasteiger partial charge in [-0.15, -0.1) is 23.7 Å². The summed E-state index contributed by atoms with van der Waals surface area (Å²) in [4.78, 5) is 17.1. The Morgan fingerprint density at radius 2 is 2.05 bits per heavy atom. The molecule has 1 aromatic rings. The van der Waals surface area contributed by atoms with Gasteiger partial charge in [0.25, 0.3) is 5.91 Å². The van der Waals surface area contributed by atoms with Crippen LogP contribution in [0, 0.1) is 5.92 Å². The Kier molecular flexibility index (Phi) is 8.44. The molecule has 0 aromatic carbocycles. The number of piperidine rings is 1. The largest absolute Gasteiger partial charge is 0.338 e. The standard InChI is InChI=1S/C17H28N2OS.ClH/c1-4-6-15-14(5-2)11-16(21-15)17(20)19-9-7-13(8-10-19)12-18-3;/h11,13,18H,4-10,12H2,1-3H3;1H. The summed E-state index contributed by atoms with van der Waals surface area (Å²) in [7, 11) is 2.00. The molecule has 1 saturated heterocycles. The van der Waals surface area contributed by atoms with Gasteiger partial charge in [0.15, 0.2) is 0 Å². The molecule has 2 heterocycles. The summed E-state index contributed by atoms with van der Waals surface area (Å²) in [5.41, 5.74) is 1.37. The van der Waals surface area contributed by atoms with Crippen LogP contribution in [0.15, 0.2) is 6.07 Å². The molecule has 3 nitrogen and oxygen atoms in total. The minimum atomic E-state index is 0. The Bertz CT molecular complexity index is 467. The molecule has 126 valence electrons. The van der Waals surface area contributed by atoms with Crippen molar-refractivity contribution in [3.05, 3.63) is 21.4 Å². The predicted octanol–water partition coefficient (Wildman–Crippen LogP) is 3.76. The third-order valence-electron chi connectivity index (χ3n) is 4.36. The maximum Gasteiger partial charge on any atom is 0.263 e. The molecule has 0 atom stereocenters. The molecule has 1 amide bonds. The van der Waals surface area contributed by atoms with Gasteiger partial charge in [-0.3, -0.25) is 4.79 Å². The van der Waals surface area contributed by atoms with Crippen LogP contribution in [0.1, 0.15) is 53.2 Å². The van der Waals surface area contributed by atoms with Crippen LogP contribution in [0.25, 0.3) is 0 Å². The van der Waals surface area contributed by atoms with Crippen molar-refractivity contribution in [2.45, 2.75) is 46.0 Å². The summed E-state index contributed by atoms with van der Waals surface area (Å²) < 4.78 is 0. The number of nitrogens with one attached hydrogen (secondary N) is 1. The lowest BCUT2D eigenvalue weighted by atomic mass is 9.97. The molecule has 22 heavy (non-hydrogen) atoms. The van der Waals surface area contributed by atoms with E-state index in [0.717, 1.165) is 62.5 Å². The summed E-state index contributed by atoms with van der Waals surface area (Å²) in [6.45, 7) is 7.27. The first-order valence-electron chi connectivity index (χ1n) is 8.25. The SMILES string of the molecule is CCCc1sc(C(=O)N2CCC(CNC)CC2)cc1CC.Cl. The zero-order valence-electron chi connectivity index (χ0n) is 14.0. The second-order valence-corrected chi connectivity index (χ2v) is 7.09. The van der Waals surface area contributed by atoms with Crippen LogP contribution >= 0.6 is 23.7 Å². The van der Waals surface area contributed by atoms with Gasteiger partial charge in [0, 0.05) is 18.0 Å². The summed E-state index contributed by atoms with van der Waals surface area (Å²) in [5, 5.41) is 3.24. The Hall–Kier alpha value is -0.580. The summed E-state index contributed by atoms with van der Waals surface area (Å²) in [5.74, 6) is 0.976. The molecule has 0 spiro atoms. The second kappa shape index (κ2) is 9.53. The fraction of sp³-hybridized carbons (Fsp3) is 0.706. The highest BCUT2D eigenvalue weighted by atomic mass is 35.5. The molecule has 0 aliphatic carbocycles. The van der Waals surface area contributed by atoms with Gasteiger partial charge in [0.1, 0.15) is 0 Å². The molecule has 1 fully saturated rings. The summed E-state index contributed by atoms with van der Waals surface area (Å²) >= 11 is 1.72. The number of nitrogens with zero attached hydrogens (tertiary/aromatic N) is 1. The summed E-state index contributed by atoms with van der Waals surface area (Å²) in [6.07, 6.45) is 5.53. The van der Waals surface area contributed by atoms with Crippen molar-refractivity contribution < 1.29 is 4.79 Å². The Balaban J connectivity index is 0.00000242. The van der Waals surface area contributed by atoms with Crippen molar-refractivity contribution in [2.75, 3.05) is 26.7 Å². The van der Waals surface area contributed by atoms with Gasteiger partial charge in [-0.05, 0) is 56.8 Å².